The monoisotopic (exact) mass is 724 g/mol. The first-order chi connectivity index (χ1) is 12.8. The molecule has 2 aliphatic heterocycles. The number of likely N-dealkylation sites (tertiary alicyclic amines) is 1. The van der Waals surface area contributed by atoms with Crippen LogP contribution in [-0.4, -0.2) is 58.8 Å². The van der Waals surface area contributed by atoms with Gasteiger partial charge < -0.3 is 10.2 Å². The number of amides is 3. The van der Waals surface area contributed by atoms with Crippen molar-refractivity contribution in [2.45, 2.75) is 64.5 Å². The molecule has 1 N–H and O–H groups in total. The Labute approximate surface area is 189 Å². The van der Waals surface area contributed by atoms with Gasteiger partial charge in [0.05, 0.1) is 13.0 Å². The molecule has 2 aliphatic rings. The summed E-state index contributed by atoms with van der Waals surface area (Å²) in [4.78, 5) is 53.2. The van der Waals surface area contributed by atoms with Crippen molar-refractivity contribution in [2.75, 3.05) is 13.1 Å². The Morgan fingerprint density at radius 1 is 1.15 bits per heavy atom. The minimum atomic E-state index is -0.710. The minimum absolute atomic E-state index is 0.0645. The molecule has 0 unspecified atom stereocenters. The van der Waals surface area contributed by atoms with E-state index < -0.39 is 17.8 Å². The van der Waals surface area contributed by atoms with Crippen molar-refractivity contribution >= 4 is 60.9 Å². The van der Waals surface area contributed by atoms with Gasteiger partial charge in [0.1, 0.15) is 0 Å². The van der Waals surface area contributed by atoms with Crippen molar-refractivity contribution in [3.63, 3.8) is 0 Å². The fraction of sp³-hybridized carbons (Fsp3) is 0.750. The van der Waals surface area contributed by atoms with Crippen LogP contribution in [0.4, 0.5) is 0 Å². The zero-order valence-corrected chi connectivity index (χ0v) is 21.9. The van der Waals surface area contributed by atoms with Crippen molar-refractivity contribution in [3.8, 4) is 0 Å². The van der Waals surface area contributed by atoms with E-state index >= 15 is 0 Å². The second kappa shape index (κ2) is 13.5. The van der Waals surface area contributed by atoms with Crippen molar-refractivity contribution in [1.82, 2.24) is 15.3 Å². The van der Waals surface area contributed by atoms with Crippen LogP contribution < -0.4 is 18.6 Å². The summed E-state index contributed by atoms with van der Waals surface area (Å²) in [5, 5.41) is 3.19. The number of imide groups is 1. The Hall–Kier alpha value is 0.230. The molecular weight excluding hydrogens is 699 g/mol. The molecule has 8 nitrogen and oxygen atoms in total. The molecular formula is C16H25I3N3O5-. The molecule has 11 heteroatoms. The van der Waals surface area contributed by atoms with E-state index in [1.165, 1.54) is 6.42 Å². The van der Waals surface area contributed by atoms with E-state index in [9.17, 15) is 19.2 Å². The average Bonchev–Trinajstić information content (AvgIpc) is 2.91. The van der Waals surface area contributed by atoms with Crippen molar-refractivity contribution in [2.24, 2.45) is 0 Å². The molecule has 0 aromatic heterocycles. The van der Waals surface area contributed by atoms with E-state index in [0.29, 0.717) is 36.9 Å². The molecule has 3 amide bonds. The Morgan fingerprint density at radius 3 is 2.19 bits per heavy atom. The Bertz CT molecular complexity index is 523. The molecule has 0 radical (unpaired) electrons. The summed E-state index contributed by atoms with van der Waals surface area (Å²) in [5.74, 6) is -1.87. The third kappa shape index (κ3) is 9.06. The van der Waals surface area contributed by atoms with Crippen LogP contribution in [0.1, 0.15) is 52.4 Å². The van der Waals surface area contributed by atoms with E-state index in [2.05, 4.69) is 61.3 Å². The third-order valence-corrected chi connectivity index (χ3v) is 4.55. The maximum atomic E-state index is 12.0. The Balaban J connectivity index is 0.00000114. The van der Waals surface area contributed by atoms with Crippen LogP contribution in [-0.2, 0) is 24.0 Å². The summed E-state index contributed by atoms with van der Waals surface area (Å²) in [6, 6.07) is 0.744. The van der Waals surface area contributed by atoms with E-state index in [4.69, 9.17) is 4.84 Å². The van der Waals surface area contributed by atoms with Crippen molar-refractivity contribution < 1.29 is 37.3 Å². The first kappa shape index (κ1) is 25.3. The average molecular weight is 724 g/mol. The van der Waals surface area contributed by atoms with E-state index in [-0.39, 0.29) is 31.7 Å². The topological polar surface area (TPSA) is 96.0 Å². The summed E-state index contributed by atoms with van der Waals surface area (Å²) in [6.45, 7) is 4.65. The predicted octanol–water partition coefficient (Wildman–Crippen LogP) is -0.862. The second-order valence-corrected chi connectivity index (χ2v) is 22.7. The fourth-order valence-electron chi connectivity index (χ4n) is 3.12. The number of carbonyl (C=O) groups is 4. The fourth-order valence-corrected chi connectivity index (χ4v) is 3.12. The molecule has 2 rings (SSSR count). The van der Waals surface area contributed by atoms with Crippen LogP contribution in [0.25, 0.3) is 0 Å². The van der Waals surface area contributed by atoms with E-state index in [1.54, 1.807) is 0 Å². The van der Waals surface area contributed by atoms with E-state index in [0.717, 1.165) is 12.8 Å². The number of nitrogens with zero attached hydrogens (tertiary/aromatic N) is 2. The van der Waals surface area contributed by atoms with Gasteiger partial charge in [0.2, 0.25) is 5.91 Å². The van der Waals surface area contributed by atoms with Gasteiger partial charge in [-0.3, -0.25) is 19.3 Å². The number of hydrogen-bond acceptors (Lipinski definition) is 6. The van der Waals surface area contributed by atoms with Gasteiger partial charge in [-0.05, 0) is 26.7 Å². The molecule has 2 fully saturated rings. The van der Waals surface area contributed by atoms with Crippen LogP contribution in [0.15, 0.2) is 0 Å². The number of rotatable bonds is 6. The molecule has 0 bridgehead atoms. The number of hydrogen-bond donors (Lipinski definition) is 1. The van der Waals surface area contributed by atoms with Crippen LogP contribution in [0, 0.1) is 0 Å². The SMILES string of the molecule is C[C@@H]1CCC[C@H]([13CH3])N1C[13C](=O)[15NH][13CH2]CC(=O)ON1C(=O)CCC1=O.I[I-]I. The van der Waals surface area contributed by atoms with Gasteiger partial charge >= 0.3 is 56.5 Å². The quantitative estimate of drug-likeness (QED) is 0.166. The molecule has 0 saturated carbocycles. The first-order valence-corrected chi connectivity index (χ1v) is 21.3. The zero-order valence-electron chi connectivity index (χ0n) is 15.4. The van der Waals surface area contributed by atoms with Crippen LogP contribution in [0.5, 0.6) is 0 Å². The standard InChI is InChI=1S/C16H25N3O5.I3/c1-11-4-3-5-12(2)18(11)10-13(20)17-9-8-16(23)24-19-14(21)6-7-15(19)22;1-3-2/h11-12H,3-10H2,1-2H3,(H,17,20);/q;-1/t11-,12+;/i1+1,9+1,13+1,17+1;/m0./s1. The summed E-state index contributed by atoms with van der Waals surface area (Å²) >= 11 is 5.30. The molecule has 156 valence electrons. The molecule has 0 spiro atoms. The van der Waals surface area contributed by atoms with Crippen LogP contribution in [0.2, 0.25) is 0 Å². The van der Waals surface area contributed by atoms with E-state index in [1.807, 2.05) is 0 Å². The normalized spacial score (nSPS) is 23.0. The number of hydroxylamine groups is 2. The van der Waals surface area contributed by atoms with Gasteiger partial charge in [0.15, 0.2) is 0 Å². The summed E-state index contributed by atoms with van der Waals surface area (Å²) in [7, 11) is 0. The Kier molecular flexibility index (Phi) is 12.6. The van der Waals surface area contributed by atoms with Gasteiger partial charge in [-0.2, -0.15) is 0 Å². The van der Waals surface area contributed by atoms with Gasteiger partial charge in [0, 0.05) is 31.5 Å². The van der Waals surface area contributed by atoms with Crippen LogP contribution in [0.3, 0.4) is 0 Å². The van der Waals surface area contributed by atoms with Crippen LogP contribution >= 0.6 is 37.2 Å². The number of carbonyl (C=O) groups excluding carboxylic acids is 4. The molecule has 0 aliphatic carbocycles. The Morgan fingerprint density at radius 2 is 1.67 bits per heavy atom. The zero-order chi connectivity index (χ0) is 20.4. The van der Waals surface area contributed by atoms with Crippen molar-refractivity contribution in [1.29, 1.82) is 0 Å². The number of halogens is 3. The number of piperidine rings is 1. The molecule has 2 atom stereocenters. The summed E-state index contributed by atoms with van der Waals surface area (Å²) < 4.78 is 0. The molecule has 0 aromatic rings. The van der Waals surface area contributed by atoms with Crippen molar-refractivity contribution in [3.05, 3.63) is 0 Å². The van der Waals surface area contributed by atoms with Gasteiger partial charge in [-0.15, -0.1) is 5.06 Å². The first-order valence-electron chi connectivity index (χ1n) is 8.76. The van der Waals surface area contributed by atoms with Gasteiger partial charge in [-0.25, -0.2) is 4.79 Å². The summed E-state index contributed by atoms with van der Waals surface area (Å²) in [6.07, 6.45) is 3.39. The maximum absolute atomic E-state index is 12.0. The molecule has 2 heterocycles. The number of nitrogens with one attached hydrogen (secondary N) is 1. The predicted molar refractivity (Wildman–Crippen MR) is 112 cm³/mol. The molecule has 0 aromatic carbocycles. The van der Waals surface area contributed by atoms with Gasteiger partial charge in [0.25, 0.3) is 11.8 Å². The third-order valence-electron chi connectivity index (χ3n) is 4.55. The second-order valence-electron chi connectivity index (χ2n) is 6.50. The summed E-state index contributed by atoms with van der Waals surface area (Å²) in [5.41, 5.74) is 0. The molecule has 27 heavy (non-hydrogen) atoms. The van der Waals surface area contributed by atoms with Gasteiger partial charge in [-0.1, -0.05) is 6.42 Å². The molecule has 2 saturated heterocycles.